The van der Waals surface area contributed by atoms with Crippen molar-refractivity contribution in [1.82, 2.24) is 9.97 Å². The van der Waals surface area contributed by atoms with Gasteiger partial charge in [0.05, 0.1) is 5.69 Å². The van der Waals surface area contributed by atoms with Crippen molar-refractivity contribution in [3.05, 3.63) is 93.4 Å². The number of thioether (sulfide) groups is 1. The second kappa shape index (κ2) is 8.86. The minimum atomic E-state index is -0.0272. The third-order valence-electron chi connectivity index (χ3n) is 4.41. The minimum Gasteiger partial charge on any atom is -0.301 e. The van der Waals surface area contributed by atoms with Gasteiger partial charge in [0.1, 0.15) is 0 Å². The molecule has 134 valence electrons. The molecule has 3 rings (SSSR count). The molecule has 1 unspecified atom stereocenters. The normalized spacial score (nSPS) is 12.1. The van der Waals surface area contributed by atoms with Crippen molar-refractivity contribution in [2.24, 2.45) is 0 Å². The Morgan fingerprint density at radius 3 is 2.12 bits per heavy atom. The standard InChI is InChI=1S/C22H24N2OS/c1-3-16(2)26-22-23-20(15-18-12-8-5-9-13-18)19(21(25)24-22)14-17-10-6-4-7-11-17/h4-13,16H,3,14-15H2,1-2H3,(H,23,24,25). The van der Waals surface area contributed by atoms with Crippen molar-refractivity contribution < 1.29 is 0 Å². The van der Waals surface area contributed by atoms with Crippen LogP contribution in [0.4, 0.5) is 0 Å². The summed E-state index contributed by atoms with van der Waals surface area (Å²) in [6.07, 6.45) is 2.30. The van der Waals surface area contributed by atoms with Crippen molar-refractivity contribution in [1.29, 1.82) is 0 Å². The Morgan fingerprint density at radius 2 is 1.54 bits per heavy atom. The SMILES string of the molecule is CCC(C)Sc1nc(Cc2ccccc2)c(Cc2ccccc2)c(=O)[nH]1. The molecule has 0 bridgehead atoms. The van der Waals surface area contributed by atoms with Crippen molar-refractivity contribution in [3.63, 3.8) is 0 Å². The van der Waals surface area contributed by atoms with Crippen molar-refractivity contribution >= 4 is 11.8 Å². The molecule has 0 amide bonds. The predicted molar refractivity (Wildman–Crippen MR) is 109 cm³/mol. The lowest BCUT2D eigenvalue weighted by Gasteiger charge is -2.12. The Hall–Kier alpha value is -2.33. The fourth-order valence-corrected chi connectivity index (χ4v) is 3.63. The van der Waals surface area contributed by atoms with Gasteiger partial charge < -0.3 is 4.98 Å². The molecule has 1 aromatic heterocycles. The van der Waals surface area contributed by atoms with E-state index in [2.05, 4.69) is 31.0 Å². The summed E-state index contributed by atoms with van der Waals surface area (Å²) < 4.78 is 0. The Bertz CT molecular complexity index is 891. The Morgan fingerprint density at radius 1 is 0.962 bits per heavy atom. The molecular weight excluding hydrogens is 340 g/mol. The highest BCUT2D eigenvalue weighted by Gasteiger charge is 2.14. The van der Waals surface area contributed by atoms with Gasteiger partial charge in [0.15, 0.2) is 5.16 Å². The molecule has 0 aliphatic heterocycles. The van der Waals surface area contributed by atoms with Crippen molar-refractivity contribution in [3.8, 4) is 0 Å². The molecule has 0 aliphatic rings. The zero-order valence-corrected chi connectivity index (χ0v) is 16.1. The summed E-state index contributed by atoms with van der Waals surface area (Å²) in [5, 5.41) is 1.13. The predicted octanol–water partition coefficient (Wildman–Crippen LogP) is 4.84. The second-order valence-corrected chi connectivity index (χ2v) is 7.88. The third kappa shape index (κ3) is 4.85. The molecule has 4 heteroatoms. The monoisotopic (exact) mass is 364 g/mol. The first-order valence-corrected chi connectivity index (χ1v) is 9.90. The third-order valence-corrected chi connectivity index (χ3v) is 5.56. The molecule has 3 aromatic rings. The molecule has 3 nitrogen and oxygen atoms in total. The maximum Gasteiger partial charge on any atom is 0.255 e. The number of hydrogen-bond donors (Lipinski definition) is 1. The van der Waals surface area contributed by atoms with E-state index in [4.69, 9.17) is 4.98 Å². The minimum absolute atomic E-state index is 0.0272. The van der Waals surface area contributed by atoms with E-state index in [1.54, 1.807) is 11.8 Å². The first-order chi connectivity index (χ1) is 12.7. The van der Waals surface area contributed by atoms with Gasteiger partial charge in [0.2, 0.25) is 0 Å². The Labute approximate surface area is 158 Å². The summed E-state index contributed by atoms with van der Waals surface area (Å²) in [4.78, 5) is 20.6. The molecule has 1 heterocycles. The van der Waals surface area contributed by atoms with Crippen LogP contribution in [0, 0.1) is 0 Å². The van der Waals surface area contributed by atoms with Crippen molar-refractivity contribution in [2.45, 2.75) is 43.5 Å². The number of aromatic nitrogens is 2. The summed E-state index contributed by atoms with van der Waals surface area (Å²) in [6.45, 7) is 4.30. The maximum absolute atomic E-state index is 12.8. The van der Waals surface area contributed by atoms with E-state index in [9.17, 15) is 4.79 Å². The number of H-pyrrole nitrogens is 1. The van der Waals surface area contributed by atoms with Crippen LogP contribution in [0.5, 0.6) is 0 Å². The molecule has 1 atom stereocenters. The maximum atomic E-state index is 12.8. The lowest BCUT2D eigenvalue weighted by molar-refractivity contribution is 0.828. The van der Waals surface area contributed by atoms with Gasteiger partial charge in [-0.3, -0.25) is 4.79 Å². The van der Waals surface area contributed by atoms with E-state index >= 15 is 0 Å². The first-order valence-electron chi connectivity index (χ1n) is 9.02. The van der Waals surface area contributed by atoms with Crippen molar-refractivity contribution in [2.75, 3.05) is 0 Å². The average molecular weight is 365 g/mol. The molecule has 2 aromatic carbocycles. The number of rotatable bonds is 7. The quantitative estimate of drug-likeness (QED) is 0.482. The number of aromatic amines is 1. The van der Waals surface area contributed by atoms with Gasteiger partial charge in [0, 0.05) is 23.7 Å². The summed E-state index contributed by atoms with van der Waals surface area (Å²) in [7, 11) is 0. The molecule has 0 radical (unpaired) electrons. The largest absolute Gasteiger partial charge is 0.301 e. The van der Waals surface area contributed by atoms with Crippen LogP contribution < -0.4 is 5.56 Å². The molecule has 0 saturated carbocycles. The second-order valence-electron chi connectivity index (χ2n) is 6.46. The van der Waals surface area contributed by atoms with Crippen LogP contribution >= 0.6 is 11.8 Å². The summed E-state index contributed by atoms with van der Waals surface area (Å²) in [6, 6.07) is 20.3. The molecule has 1 N–H and O–H groups in total. The van der Waals surface area contributed by atoms with Gasteiger partial charge in [-0.1, -0.05) is 86.3 Å². The lowest BCUT2D eigenvalue weighted by Crippen LogP contribution is -2.20. The van der Waals surface area contributed by atoms with Crippen LogP contribution in [-0.4, -0.2) is 15.2 Å². The van der Waals surface area contributed by atoms with Gasteiger partial charge in [-0.2, -0.15) is 0 Å². The lowest BCUT2D eigenvalue weighted by atomic mass is 10.0. The number of nitrogens with one attached hydrogen (secondary N) is 1. The van der Waals surface area contributed by atoms with E-state index in [-0.39, 0.29) is 5.56 Å². The van der Waals surface area contributed by atoms with Crippen LogP contribution in [0.3, 0.4) is 0 Å². The summed E-state index contributed by atoms with van der Waals surface area (Å²) in [5.41, 5.74) is 3.89. The van der Waals surface area contributed by atoms with Crippen LogP contribution in [0.15, 0.2) is 70.6 Å². The first kappa shape index (κ1) is 18.5. The molecule has 0 fully saturated rings. The van der Waals surface area contributed by atoms with Crippen LogP contribution in [0.2, 0.25) is 0 Å². The Kier molecular flexibility index (Phi) is 6.29. The zero-order valence-electron chi connectivity index (χ0n) is 15.2. The van der Waals surface area contributed by atoms with Crippen LogP contribution in [-0.2, 0) is 12.8 Å². The number of hydrogen-bond acceptors (Lipinski definition) is 3. The van der Waals surface area contributed by atoms with Gasteiger partial charge >= 0.3 is 0 Å². The topological polar surface area (TPSA) is 45.8 Å². The zero-order chi connectivity index (χ0) is 18.4. The smallest absolute Gasteiger partial charge is 0.255 e. The van der Waals surface area contributed by atoms with E-state index in [1.807, 2.05) is 48.5 Å². The van der Waals surface area contributed by atoms with Crippen LogP contribution in [0.1, 0.15) is 42.7 Å². The summed E-state index contributed by atoms with van der Waals surface area (Å²) >= 11 is 1.63. The molecule has 0 saturated heterocycles. The average Bonchev–Trinajstić information content (AvgIpc) is 2.66. The summed E-state index contributed by atoms with van der Waals surface area (Å²) in [5.74, 6) is 0. The van der Waals surface area contributed by atoms with Gasteiger partial charge in [0.25, 0.3) is 5.56 Å². The number of nitrogens with zero attached hydrogens (tertiary/aromatic N) is 1. The van der Waals surface area contributed by atoms with E-state index in [0.29, 0.717) is 23.2 Å². The van der Waals surface area contributed by atoms with Gasteiger partial charge in [-0.25, -0.2) is 4.98 Å². The van der Waals surface area contributed by atoms with E-state index in [1.165, 1.54) is 5.56 Å². The molecule has 26 heavy (non-hydrogen) atoms. The number of benzene rings is 2. The van der Waals surface area contributed by atoms with E-state index < -0.39 is 0 Å². The highest BCUT2D eigenvalue weighted by Crippen LogP contribution is 2.22. The highest BCUT2D eigenvalue weighted by atomic mass is 32.2. The highest BCUT2D eigenvalue weighted by molar-refractivity contribution is 7.99. The molecule has 0 aliphatic carbocycles. The van der Waals surface area contributed by atoms with E-state index in [0.717, 1.165) is 23.2 Å². The Balaban J connectivity index is 1.99. The molecule has 0 spiro atoms. The van der Waals surface area contributed by atoms with Gasteiger partial charge in [-0.15, -0.1) is 0 Å². The van der Waals surface area contributed by atoms with Crippen LogP contribution in [0.25, 0.3) is 0 Å². The van der Waals surface area contributed by atoms with Gasteiger partial charge in [-0.05, 0) is 17.5 Å². The molecular formula is C22H24N2OS. The fraction of sp³-hybridized carbons (Fsp3) is 0.273. The fourth-order valence-electron chi connectivity index (χ4n) is 2.77.